The summed E-state index contributed by atoms with van der Waals surface area (Å²) in [5.74, 6) is 4.91. The second-order valence-electron chi connectivity index (χ2n) is 12.5. The van der Waals surface area contributed by atoms with Crippen LogP contribution >= 0.6 is 0 Å². The van der Waals surface area contributed by atoms with Gasteiger partial charge in [-0.1, -0.05) is 32.8 Å². The SMILES string of the molecule is CCc1cc(C(=O)NCC(COC(=O)C(C)C)OC)ccc1NCC#Cc1cc2c(N[C@@H]3CCN(C)C[C@@H]3F)cccc2n1CC(F)(F)F. The van der Waals surface area contributed by atoms with Crippen LogP contribution < -0.4 is 16.0 Å². The van der Waals surface area contributed by atoms with E-state index in [-0.39, 0.29) is 49.7 Å². The summed E-state index contributed by atoms with van der Waals surface area (Å²) in [7, 11) is 3.33. The number of ether oxygens (including phenoxy) is 2. The van der Waals surface area contributed by atoms with Gasteiger partial charge in [0.25, 0.3) is 5.91 Å². The Balaban J connectivity index is 1.45. The van der Waals surface area contributed by atoms with Crippen molar-refractivity contribution in [3.63, 3.8) is 0 Å². The van der Waals surface area contributed by atoms with Crippen molar-refractivity contribution in [2.24, 2.45) is 5.92 Å². The molecule has 266 valence electrons. The first-order chi connectivity index (χ1) is 23.3. The molecule has 49 heavy (non-hydrogen) atoms. The standard InChI is InChI=1S/C36H45F4N5O4/c1-6-24-17-25(34(46)42-19-27(48-5)21-49-35(47)23(2)3)12-13-30(24)41-15-8-9-26-18-28-31(43-32-14-16-44(4)20-29(32)37)10-7-11-33(28)45(26)22-36(38,39)40/h7,10-13,17-18,23,27,29,32,41,43H,6,14-16,19-22H2,1-5H3,(H,42,46)/t27?,29-,32+/m0/s1. The van der Waals surface area contributed by atoms with Crippen LogP contribution in [-0.4, -0.2) is 92.8 Å². The molecule has 0 saturated carbocycles. The van der Waals surface area contributed by atoms with E-state index in [1.54, 1.807) is 56.3 Å². The molecule has 1 aliphatic rings. The summed E-state index contributed by atoms with van der Waals surface area (Å²) < 4.78 is 67.4. The van der Waals surface area contributed by atoms with Gasteiger partial charge in [0.15, 0.2) is 0 Å². The Kier molecular flexibility index (Phi) is 12.9. The number of esters is 1. The lowest BCUT2D eigenvalue weighted by molar-refractivity contribution is -0.150. The van der Waals surface area contributed by atoms with E-state index >= 15 is 0 Å². The highest BCUT2D eigenvalue weighted by molar-refractivity contribution is 5.95. The maximum absolute atomic E-state index is 14.8. The van der Waals surface area contributed by atoms with E-state index in [1.807, 2.05) is 18.9 Å². The van der Waals surface area contributed by atoms with E-state index in [0.717, 1.165) is 22.4 Å². The number of nitrogens with zero attached hydrogens (tertiary/aromatic N) is 2. The molecule has 1 saturated heterocycles. The molecule has 3 N–H and O–H groups in total. The van der Waals surface area contributed by atoms with Crippen LogP contribution in [-0.2, 0) is 27.2 Å². The molecular formula is C36H45F4N5O4. The minimum absolute atomic E-state index is 0.0188. The second kappa shape index (κ2) is 16.9. The zero-order valence-electron chi connectivity index (χ0n) is 28.5. The summed E-state index contributed by atoms with van der Waals surface area (Å²) in [5, 5.41) is 9.79. The molecule has 1 fully saturated rings. The molecule has 0 spiro atoms. The molecule has 1 unspecified atom stereocenters. The Morgan fingerprint density at radius 3 is 2.57 bits per heavy atom. The van der Waals surface area contributed by atoms with Crippen LogP contribution in [0.2, 0.25) is 0 Å². The second-order valence-corrected chi connectivity index (χ2v) is 12.5. The average molecular weight is 688 g/mol. The molecule has 9 nitrogen and oxygen atoms in total. The lowest BCUT2D eigenvalue weighted by Crippen LogP contribution is -2.46. The smallest absolute Gasteiger partial charge is 0.406 e. The van der Waals surface area contributed by atoms with Crippen LogP contribution in [0.3, 0.4) is 0 Å². The van der Waals surface area contributed by atoms with Crippen molar-refractivity contribution < 1.29 is 36.6 Å². The Labute approximate surface area is 284 Å². The third-order valence-corrected chi connectivity index (χ3v) is 8.41. The van der Waals surface area contributed by atoms with Crippen LogP contribution in [0.4, 0.5) is 28.9 Å². The molecule has 1 aliphatic heterocycles. The highest BCUT2D eigenvalue weighted by Gasteiger charge is 2.31. The van der Waals surface area contributed by atoms with Gasteiger partial charge in [0.1, 0.15) is 25.4 Å². The van der Waals surface area contributed by atoms with Gasteiger partial charge in [0.2, 0.25) is 0 Å². The molecular weight excluding hydrogens is 642 g/mol. The highest BCUT2D eigenvalue weighted by atomic mass is 19.4. The summed E-state index contributed by atoms with van der Waals surface area (Å²) in [6.45, 7) is 5.50. The molecule has 1 amide bonds. The van der Waals surface area contributed by atoms with E-state index in [1.165, 1.54) is 7.11 Å². The first-order valence-corrected chi connectivity index (χ1v) is 16.4. The molecule has 4 rings (SSSR count). The molecule has 13 heteroatoms. The van der Waals surface area contributed by atoms with Crippen LogP contribution in [0.5, 0.6) is 0 Å². The zero-order valence-corrected chi connectivity index (χ0v) is 28.5. The molecule has 2 aromatic carbocycles. The van der Waals surface area contributed by atoms with E-state index < -0.39 is 31.0 Å². The van der Waals surface area contributed by atoms with Crippen molar-refractivity contribution in [2.45, 2.75) is 64.7 Å². The van der Waals surface area contributed by atoms with Crippen molar-refractivity contribution in [1.29, 1.82) is 0 Å². The number of hydrogen-bond acceptors (Lipinski definition) is 7. The summed E-state index contributed by atoms with van der Waals surface area (Å²) in [6, 6.07) is 11.4. The van der Waals surface area contributed by atoms with Gasteiger partial charge in [0, 0.05) is 49.1 Å². The van der Waals surface area contributed by atoms with Crippen molar-refractivity contribution in [3.05, 3.63) is 59.3 Å². The minimum atomic E-state index is -4.48. The maximum atomic E-state index is 14.8. The number of aromatic nitrogens is 1. The summed E-state index contributed by atoms with van der Waals surface area (Å²) in [5.41, 5.74) is 3.15. The number of piperidine rings is 1. The number of benzene rings is 2. The van der Waals surface area contributed by atoms with Gasteiger partial charge in [0.05, 0.1) is 29.7 Å². The number of halogens is 4. The van der Waals surface area contributed by atoms with Crippen LogP contribution in [0, 0.1) is 17.8 Å². The van der Waals surface area contributed by atoms with E-state index in [9.17, 15) is 27.2 Å². The summed E-state index contributed by atoms with van der Waals surface area (Å²) in [6.07, 6.45) is -4.90. The summed E-state index contributed by atoms with van der Waals surface area (Å²) >= 11 is 0. The van der Waals surface area contributed by atoms with Crippen molar-refractivity contribution in [1.82, 2.24) is 14.8 Å². The lowest BCUT2D eigenvalue weighted by atomic mass is 10.0. The van der Waals surface area contributed by atoms with E-state index in [2.05, 4.69) is 27.8 Å². The number of amides is 1. The molecule has 0 aliphatic carbocycles. The van der Waals surface area contributed by atoms with Gasteiger partial charge in [-0.25, -0.2) is 4.39 Å². The number of hydrogen-bond donors (Lipinski definition) is 3. The Morgan fingerprint density at radius 2 is 1.90 bits per heavy atom. The van der Waals surface area contributed by atoms with Gasteiger partial charge in [-0.05, 0) is 67.8 Å². The topological polar surface area (TPSA) is 96.9 Å². The lowest BCUT2D eigenvalue weighted by Gasteiger charge is -2.33. The number of carbonyl (C=O) groups is 2. The number of aryl methyl sites for hydroxylation is 1. The van der Waals surface area contributed by atoms with Gasteiger partial charge in [-0.15, -0.1) is 0 Å². The third-order valence-electron chi connectivity index (χ3n) is 8.41. The Bertz CT molecular complexity index is 1660. The number of rotatable bonds is 13. The molecule has 3 atom stereocenters. The monoisotopic (exact) mass is 687 g/mol. The number of methoxy groups -OCH3 is 1. The maximum Gasteiger partial charge on any atom is 0.406 e. The van der Waals surface area contributed by atoms with Gasteiger partial charge in [-0.2, -0.15) is 13.2 Å². The Morgan fingerprint density at radius 1 is 1.12 bits per heavy atom. The number of anilines is 2. The zero-order chi connectivity index (χ0) is 35.7. The Hall–Kier alpha value is -4.28. The largest absolute Gasteiger partial charge is 0.463 e. The van der Waals surface area contributed by atoms with Gasteiger partial charge < -0.3 is 34.9 Å². The van der Waals surface area contributed by atoms with Crippen LogP contribution in [0.1, 0.15) is 48.8 Å². The number of alkyl halides is 4. The van der Waals surface area contributed by atoms with Gasteiger partial charge in [-0.3, -0.25) is 9.59 Å². The first kappa shape index (κ1) is 37.5. The molecule has 3 aromatic rings. The number of nitrogens with one attached hydrogen (secondary N) is 3. The fourth-order valence-corrected chi connectivity index (χ4v) is 5.62. The molecule has 1 aromatic heterocycles. The van der Waals surface area contributed by atoms with Gasteiger partial charge >= 0.3 is 12.1 Å². The number of likely N-dealkylation sites (tertiary alicyclic amines) is 1. The predicted octanol–water partition coefficient (Wildman–Crippen LogP) is 5.63. The predicted molar refractivity (Wildman–Crippen MR) is 183 cm³/mol. The van der Waals surface area contributed by atoms with Crippen LogP contribution in [0.25, 0.3) is 10.9 Å². The van der Waals surface area contributed by atoms with E-state index in [0.29, 0.717) is 35.0 Å². The normalized spacial score (nSPS) is 17.3. The molecule has 0 bridgehead atoms. The molecule has 2 heterocycles. The average Bonchev–Trinajstić information content (AvgIpc) is 3.40. The highest BCUT2D eigenvalue weighted by Crippen LogP contribution is 2.31. The quantitative estimate of drug-likeness (QED) is 0.122. The fourth-order valence-electron chi connectivity index (χ4n) is 5.62. The van der Waals surface area contributed by atoms with E-state index in [4.69, 9.17) is 9.47 Å². The molecule has 0 radical (unpaired) electrons. The van der Waals surface area contributed by atoms with Crippen molar-refractivity contribution in [3.8, 4) is 11.8 Å². The summed E-state index contributed by atoms with van der Waals surface area (Å²) in [4.78, 5) is 26.5. The first-order valence-electron chi connectivity index (χ1n) is 16.4. The van der Waals surface area contributed by atoms with Crippen LogP contribution in [0.15, 0.2) is 42.5 Å². The number of carbonyl (C=O) groups excluding carboxylic acids is 2. The van der Waals surface area contributed by atoms with Crippen molar-refractivity contribution >= 4 is 34.2 Å². The minimum Gasteiger partial charge on any atom is -0.463 e. The third kappa shape index (κ3) is 10.4. The van der Waals surface area contributed by atoms with Crippen molar-refractivity contribution in [2.75, 3.05) is 57.6 Å². The number of fused-ring (bicyclic) bond motifs is 1. The fraction of sp³-hybridized carbons (Fsp3) is 0.500.